The van der Waals surface area contributed by atoms with E-state index < -0.39 is 59.1 Å². The number of carbonyl (C=O) groups excluding carboxylic acids is 1. The summed E-state index contributed by atoms with van der Waals surface area (Å²) < 4.78 is 48.9. The minimum absolute atomic E-state index is 0.0178. The van der Waals surface area contributed by atoms with E-state index in [4.69, 9.17) is 26.8 Å². The van der Waals surface area contributed by atoms with Gasteiger partial charge in [-0.1, -0.05) is 13.8 Å². The van der Waals surface area contributed by atoms with Gasteiger partial charge >= 0.3 is 5.97 Å². The maximum absolute atomic E-state index is 15.5. The van der Waals surface area contributed by atoms with E-state index in [2.05, 4.69) is 9.72 Å². The van der Waals surface area contributed by atoms with E-state index >= 15 is 4.39 Å². The molecule has 5 atom stereocenters. The Morgan fingerprint density at radius 1 is 1.69 bits per heavy atom. The van der Waals surface area contributed by atoms with Gasteiger partial charge < -0.3 is 25.4 Å². The van der Waals surface area contributed by atoms with E-state index in [1.165, 1.54) is 6.92 Å². The second kappa shape index (κ2) is 7.53. The zero-order chi connectivity index (χ0) is 22.5. The van der Waals surface area contributed by atoms with Crippen LogP contribution in [0.5, 0.6) is 0 Å². The first-order valence-electron chi connectivity index (χ1n) is 9.15. The van der Waals surface area contributed by atoms with Crippen molar-refractivity contribution in [2.24, 2.45) is 11.7 Å². The normalized spacial score (nSPS) is 34.8. The highest BCUT2D eigenvalue weighted by Crippen LogP contribution is 2.38. The van der Waals surface area contributed by atoms with Gasteiger partial charge in [-0.2, -0.15) is 0 Å². The predicted molar refractivity (Wildman–Crippen MR) is 90.4 cm³/mol. The van der Waals surface area contributed by atoms with Crippen molar-refractivity contribution in [1.29, 1.82) is 0 Å². The van der Waals surface area contributed by atoms with Gasteiger partial charge in [-0.25, -0.2) is 4.39 Å². The number of aliphatic hydroxyl groups excluding tert-OH is 2. The van der Waals surface area contributed by atoms with E-state index in [9.17, 15) is 19.8 Å². The molecule has 26 heavy (non-hydrogen) atoms. The molecule has 9 nitrogen and oxygen atoms in total. The van der Waals surface area contributed by atoms with Gasteiger partial charge in [0, 0.05) is 11.8 Å². The summed E-state index contributed by atoms with van der Waals surface area (Å²) in [5.41, 5.74) is 4.97. The lowest BCUT2D eigenvalue weighted by molar-refractivity contribution is -0.217. The zero-order valence-corrected chi connectivity index (χ0v) is 15.0. The van der Waals surface area contributed by atoms with Crippen LogP contribution in [0.15, 0.2) is 11.0 Å². The SMILES string of the molecule is [2H]C([2H])(OC(=O)[C@@H](N)C(C)C)[C@@]1(F)O[C@@]([2H])(n2cc(C)c(=O)[nH]c2=S)[C@H](O)[C@@H]1O. The zero-order valence-electron chi connectivity index (χ0n) is 17.2. The number of aryl methyl sites for hydroxylation is 1. The molecule has 1 fully saturated rings. The van der Waals surface area contributed by atoms with Crippen LogP contribution >= 0.6 is 12.2 Å². The number of halogens is 1. The Balaban J connectivity index is 2.48. The van der Waals surface area contributed by atoms with Gasteiger partial charge in [0.05, 0.1) is 4.11 Å². The Labute approximate surface area is 157 Å². The Morgan fingerprint density at radius 2 is 2.31 bits per heavy atom. The molecule has 1 saturated heterocycles. The van der Waals surface area contributed by atoms with Crippen LogP contribution in [-0.4, -0.2) is 56.4 Å². The summed E-state index contributed by atoms with van der Waals surface area (Å²) in [7, 11) is 0. The number of aliphatic hydroxyl groups is 2. The molecule has 0 radical (unpaired) electrons. The third kappa shape index (κ3) is 3.86. The summed E-state index contributed by atoms with van der Waals surface area (Å²) in [6.45, 7) is 0.792. The van der Waals surface area contributed by atoms with Gasteiger partial charge in [0.15, 0.2) is 17.5 Å². The highest BCUT2D eigenvalue weighted by atomic mass is 32.1. The summed E-state index contributed by atoms with van der Waals surface area (Å²) in [5.74, 6) is -5.64. The first-order chi connectivity index (χ1) is 13.1. The quantitative estimate of drug-likeness (QED) is 0.393. The number of ether oxygens (including phenoxy) is 2. The first-order valence-corrected chi connectivity index (χ1v) is 8.06. The van der Waals surface area contributed by atoms with E-state index in [0.717, 1.165) is 6.20 Å². The minimum atomic E-state index is -3.86. The molecule has 0 unspecified atom stereocenters. The second-order valence-electron chi connectivity index (χ2n) is 6.21. The number of aromatic nitrogens is 2. The van der Waals surface area contributed by atoms with Crippen LogP contribution in [0.4, 0.5) is 4.39 Å². The van der Waals surface area contributed by atoms with Crippen LogP contribution in [0.1, 0.15) is 29.7 Å². The summed E-state index contributed by atoms with van der Waals surface area (Å²) in [4.78, 5) is 25.8. The summed E-state index contributed by atoms with van der Waals surface area (Å²) in [6, 6.07) is -1.30. The van der Waals surface area contributed by atoms with E-state index in [1.807, 2.05) is 0 Å². The molecule has 1 aromatic rings. The van der Waals surface area contributed by atoms with Gasteiger partial charge in [-0.15, -0.1) is 0 Å². The molecule has 2 rings (SSSR count). The Bertz CT molecular complexity index is 927. The molecule has 11 heteroatoms. The van der Waals surface area contributed by atoms with Gasteiger partial charge in [0.25, 0.3) is 11.4 Å². The van der Waals surface area contributed by atoms with Crippen molar-refractivity contribution in [2.45, 2.75) is 51.1 Å². The van der Waals surface area contributed by atoms with Crippen LogP contribution < -0.4 is 11.3 Å². The predicted octanol–water partition coefficient (Wildman–Crippen LogP) is -0.343. The van der Waals surface area contributed by atoms with Crippen LogP contribution in [0.2, 0.25) is 0 Å². The molecule has 0 spiro atoms. The number of nitrogens with two attached hydrogens (primary N) is 1. The lowest BCUT2D eigenvalue weighted by atomic mass is 10.1. The van der Waals surface area contributed by atoms with Crippen molar-refractivity contribution in [3.63, 3.8) is 0 Å². The topological polar surface area (TPSA) is 140 Å². The summed E-state index contributed by atoms with van der Waals surface area (Å²) in [6.07, 6.45) is -6.95. The van der Waals surface area contributed by atoms with Crippen LogP contribution in [0, 0.1) is 17.6 Å². The summed E-state index contributed by atoms with van der Waals surface area (Å²) >= 11 is 4.90. The number of esters is 1. The smallest absolute Gasteiger partial charge is 0.323 e. The first kappa shape index (κ1) is 16.5. The standard InChI is InChI=1S/C15H22FN3O6S/c1-6(2)8(17)13(23)24-5-15(16)10(21)9(20)12(25-15)19-4-7(3)11(22)18-14(19)26/h4,6,8-10,12,20-21H,5,17H2,1-3H3,(H,18,22,26)/t8-,9+,10-,12+,15+/m0/s1/i5D2,12D. The second-order valence-corrected chi connectivity index (χ2v) is 6.60. The molecule has 1 aromatic heterocycles. The maximum atomic E-state index is 15.5. The van der Waals surface area contributed by atoms with Gasteiger partial charge in [0.2, 0.25) is 0 Å². The average molecular weight is 394 g/mol. The number of hydrogen-bond acceptors (Lipinski definition) is 8. The molecule has 0 aromatic carbocycles. The number of alkyl halides is 1. The number of nitrogens with one attached hydrogen (secondary N) is 1. The fraction of sp³-hybridized carbons (Fsp3) is 0.667. The molecule has 0 aliphatic carbocycles. The number of aromatic amines is 1. The maximum Gasteiger partial charge on any atom is 0.323 e. The van der Waals surface area contributed by atoms with Gasteiger partial charge in [-0.3, -0.25) is 19.1 Å². The van der Waals surface area contributed by atoms with E-state index in [0.29, 0.717) is 4.57 Å². The molecule has 146 valence electrons. The van der Waals surface area contributed by atoms with E-state index in [-0.39, 0.29) is 5.56 Å². The van der Waals surface area contributed by atoms with Crippen molar-refractivity contribution in [3.8, 4) is 0 Å². The van der Waals surface area contributed by atoms with Crippen LogP contribution in [-0.2, 0) is 14.3 Å². The van der Waals surface area contributed by atoms with Crippen LogP contribution in [0.3, 0.4) is 0 Å². The van der Waals surface area contributed by atoms with Crippen molar-refractivity contribution in [2.75, 3.05) is 6.56 Å². The highest BCUT2D eigenvalue weighted by molar-refractivity contribution is 7.71. The number of nitrogens with zero attached hydrogens (tertiary/aromatic N) is 1. The molecule has 0 saturated carbocycles. The Kier molecular flexibility index (Phi) is 4.78. The average Bonchev–Trinajstić information content (AvgIpc) is 2.79. The largest absolute Gasteiger partial charge is 0.458 e. The Hall–Kier alpha value is -1.66. The fourth-order valence-corrected chi connectivity index (χ4v) is 2.31. The number of H-pyrrole nitrogens is 1. The van der Waals surface area contributed by atoms with Crippen molar-refractivity contribution in [1.82, 2.24) is 9.55 Å². The highest BCUT2D eigenvalue weighted by Gasteiger charge is 2.57. The third-order valence-corrected chi connectivity index (χ3v) is 4.12. The lowest BCUT2D eigenvalue weighted by Gasteiger charge is -2.24. The number of rotatable bonds is 5. The molecule has 1 aliphatic rings. The Morgan fingerprint density at radius 3 is 2.88 bits per heavy atom. The molecule has 2 heterocycles. The monoisotopic (exact) mass is 394 g/mol. The molecule has 1 aliphatic heterocycles. The van der Waals surface area contributed by atoms with Crippen molar-refractivity contribution in [3.05, 3.63) is 26.9 Å². The van der Waals surface area contributed by atoms with Crippen LogP contribution in [0.25, 0.3) is 0 Å². The van der Waals surface area contributed by atoms with E-state index in [1.54, 1.807) is 13.8 Å². The molecule has 0 amide bonds. The minimum Gasteiger partial charge on any atom is -0.458 e. The lowest BCUT2D eigenvalue weighted by Crippen LogP contribution is -2.46. The molecular weight excluding hydrogens is 369 g/mol. The van der Waals surface area contributed by atoms with Gasteiger partial charge in [-0.05, 0) is 25.1 Å². The molecule has 5 N–H and O–H groups in total. The van der Waals surface area contributed by atoms with Crippen molar-refractivity contribution < 1.29 is 33.0 Å². The molecular formula is C15H22FN3O6S. The number of carbonyl (C=O) groups is 1. The summed E-state index contributed by atoms with van der Waals surface area (Å²) in [5, 5.41) is 20.5. The fourth-order valence-electron chi connectivity index (χ4n) is 2.07. The van der Waals surface area contributed by atoms with Crippen molar-refractivity contribution >= 4 is 18.2 Å². The van der Waals surface area contributed by atoms with Gasteiger partial charge in [0.1, 0.15) is 18.2 Å². The molecule has 0 bridgehead atoms. The number of hydrogen-bond donors (Lipinski definition) is 4. The third-order valence-electron chi connectivity index (χ3n) is 3.82.